The van der Waals surface area contributed by atoms with E-state index in [2.05, 4.69) is 49.1 Å². The van der Waals surface area contributed by atoms with Crippen LogP contribution in [0.15, 0.2) is 36.4 Å². The van der Waals surface area contributed by atoms with Gasteiger partial charge in [-0.15, -0.1) is 0 Å². The van der Waals surface area contributed by atoms with Gasteiger partial charge in [0.15, 0.2) is 17.1 Å². The first-order valence-corrected chi connectivity index (χ1v) is 12.4. The molecular weight excluding hydrogens is 510 g/mol. The maximum atomic E-state index is 11.1. The third kappa shape index (κ3) is 8.67. The summed E-state index contributed by atoms with van der Waals surface area (Å²) in [6.07, 6.45) is -0.784. The Kier molecular flexibility index (Phi) is 10.8. The van der Waals surface area contributed by atoms with Crippen molar-refractivity contribution in [2.45, 2.75) is 57.3 Å². The number of carboxylic acid groups (broad SMARTS) is 3. The largest absolute Gasteiger partial charge is 0.493 e. The van der Waals surface area contributed by atoms with Gasteiger partial charge in [-0.1, -0.05) is 29.8 Å². The van der Waals surface area contributed by atoms with Crippen LogP contribution in [-0.4, -0.2) is 81.3 Å². The average Bonchev–Trinajstić information content (AvgIpc) is 2.86. The number of piperidine rings is 1. The first-order valence-electron chi connectivity index (χ1n) is 12.4. The Morgan fingerprint density at radius 1 is 0.897 bits per heavy atom. The van der Waals surface area contributed by atoms with Gasteiger partial charge in [-0.3, -0.25) is 14.5 Å². The van der Waals surface area contributed by atoms with E-state index in [0.29, 0.717) is 0 Å². The first kappa shape index (κ1) is 31.5. The lowest BCUT2D eigenvalue weighted by molar-refractivity contribution is -0.170. The summed E-state index contributed by atoms with van der Waals surface area (Å²) in [5.74, 6) is -3.49. The second kappa shape index (κ2) is 13.4. The molecule has 1 heterocycles. The molecular formula is C28H37NO10. The summed E-state index contributed by atoms with van der Waals surface area (Å²) in [6.45, 7) is 6.78. The number of aryl methyl sites for hydroxylation is 2. The number of hydrogen-bond acceptors (Lipinski definition) is 8. The van der Waals surface area contributed by atoms with E-state index >= 15 is 0 Å². The van der Waals surface area contributed by atoms with Crippen LogP contribution in [0.5, 0.6) is 11.5 Å². The number of carbonyl (C=O) groups is 3. The molecule has 5 N–H and O–H groups in total. The highest BCUT2D eigenvalue weighted by molar-refractivity contribution is 5.88. The van der Waals surface area contributed by atoms with Crippen LogP contribution in [0.25, 0.3) is 0 Å². The highest BCUT2D eigenvalue weighted by Gasteiger charge is 2.40. The molecule has 1 aliphatic rings. The summed E-state index contributed by atoms with van der Waals surface area (Å²) < 4.78 is 10.8. The number of likely N-dealkylation sites (tertiary alicyclic amines) is 1. The van der Waals surface area contributed by atoms with Gasteiger partial charge in [0.1, 0.15) is 0 Å². The molecule has 0 spiro atoms. The van der Waals surface area contributed by atoms with Crippen molar-refractivity contribution >= 4 is 17.9 Å². The molecule has 2 aromatic rings. The minimum absolute atomic E-state index is 0.711. The van der Waals surface area contributed by atoms with E-state index < -0.39 is 42.0 Å². The Balaban J connectivity index is 0.000000349. The lowest BCUT2D eigenvalue weighted by atomic mass is 9.84. The summed E-state index contributed by atoms with van der Waals surface area (Å²) in [7, 11) is 3.33. The van der Waals surface area contributed by atoms with Crippen LogP contribution >= 0.6 is 0 Å². The van der Waals surface area contributed by atoms with E-state index in [-0.39, 0.29) is 0 Å². The Morgan fingerprint density at radius 3 is 1.82 bits per heavy atom. The molecule has 0 unspecified atom stereocenters. The maximum Gasteiger partial charge on any atom is 0.336 e. The van der Waals surface area contributed by atoms with Crippen LogP contribution in [0.1, 0.15) is 47.9 Å². The van der Waals surface area contributed by atoms with Gasteiger partial charge in [0.05, 0.1) is 32.7 Å². The molecule has 3 rings (SSSR count). The van der Waals surface area contributed by atoms with Crippen LogP contribution < -0.4 is 9.47 Å². The predicted octanol–water partition coefficient (Wildman–Crippen LogP) is 2.56. The smallest absolute Gasteiger partial charge is 0.336 e. The monoisotopic (exact) mass is 547 g/mol. The number of rotatable bonds is 10. The van der Waals surface area contributed by atoms with E-state index in [9.17, 15) is 19.5 Å². The Hall–Kier alpha value is -3.67. The number of nitrogens with zero attached hydrogens (tertiary/aromatic N) is 1. The van der Waals surface area contributed by atoms with Crippen molar-refractivity contribution in [3.05, 3.63) is 58.7 Å². The number of benzene rings is 2. The van der Waals surface area contributed by atoms with Crippen molar-refractivity contribution in [2.24, 2.45) is 0 Å². The van der Waals surface area contributed by atoms with Gasteiger partial charge < -0.3 is 35.0 Å². The molecule has 0 bridgehead atoms. The minimum Gasteiger partial charge on any atom is -0.493 e. The van der Waals surface area contributed by atoms with Crippen molar-refractivity contribution < 1.29 is 49.4 Å². The van der Waals surface area contributed by atoms with E-state index in [1.807, 2.05) is 6.07 Å². The van der Waals surface area contributed by atoms with Gasteiger partial charge in [0.25, 0.3) is 0 Å². The van der Waals surface area contributed by atoms with Gasteiger partial charge >= 0.3 is 17.9 Å². The summed E-state index contributed by atoms with van der Waals surface area (Å²) in [5, 5.41) is 44.9. The molecule has 2 aromatic carbocycles. The summed E-state index contributed by atoms with van der Waals surface area (Å²) in [6, 6.07) is 12.4. The minimum atomic E-state index is -2.74. The number of ether oxygens (including phenoxy) is 2. The fourth-order valence-corrected chi connectivity index (χ4v) is 4.38. The summed E-state index contributed by atoms with van der Waals surface area (Å²) in [5.41, 5.74) is 1.24. The maximum absolute atomic E-state index is 11.1. The Morgan fingerprint density at radius 2 is 1.38 bits per heavy atom. The molecule has 0 aromatic heterocycles. The number of aliphatic hydroxyl groups is 2. The Labute approximate surface area is 227 Å². The quantitative estimate of drug-likeness (QED) is 0.296. The number of hydrogen-bond donors (Lipinski definition) is 5. The topological polar surface area (TPSA) is 174 Å². The lowest BCUT2D eigenvalue weighted by Gasteiger charge is -2.38. The first-order chi connectivity index (χ1) is 18.2. The van der Waals surface area contributed by atoms with Crippen molar-refractivity contribution in [3.8, 4) is 11.5 Å². The molecule has 0 amide bonds. The SMILES string of the molecule is COc1cc(C)c(CN2CCC(O)(c3ccc(C)cc3)CC2)cc1OC.O=C(O)CC(O)(CC(=O)O)C(=O)O. The van der Waals surface area contributed by atoms with Crippen molar-refractivity contribution in [1.82, 2.24) is 4.90 Å². The van der Waals surface area contributed by atoms with E-state index in [1.54, 1.807) is 14.2 Å². The highest BCUT2D eigenvalue weighted by Crippen LogP contribution is 2.35. The van der Waals surface area contributed by atoms with E-state index in [4.69, 9.17) is 29.9 Å². The molecule has 214 valence electrons. The molecule has 0 radical (unpaired) electrons. The number of aliphatic carboxylic acids is 3. The van der Waals surface area contributed by atoms with Gasteiger partial charge in [0, 0.05) is 19.6 Å². The predicted molar refractivity (Wildman–Crippen MR) is 141 cm³/mol. The molecule has 1 fully saturated rings. The second-order valence-electron chi connectivity index (χ2n) is 9.79. The number of methoxy groups -OCH3 is 2. The van der Waals surface area contributed by atoms with Crippen LogP contribution in [-0.2, 0) is 26.5 Å². The van der Waals surface area contributed by atoms with Crippen LogP contribution in [0.3, 0.4) is 0 Å². The molecule has 11 nitrogen and oxygen atoms in total. The third-order valence-electron chi connectivity index (χ3n) is 6.79. The van der Waals surface area contributed by atoms with Crippen molar-refractivity contribution in [1.29, 1.82) is 0 Å². The normalized spacial score (nSPS) is 15.0. The van der Waals surface area contributed by atoms with Gasteiger partial charge in [-0.2, -0.15) is 0 Å². The van der Waals surface area contributed by atoms with E-state index in [1.165, 1.54) is 16.7 Å². The molecule has 39 heavy (non-hydrogen) atoms. The number of carboxylic acids is 3. The summed E-state index contributed by atoms with van der Waals surface area (Å²) in [4.78, 5) is 32.9. The Bertz CT molecular complexity index is 1140. The van der Waals surface area contributed by atoms with Crippen LogP contribution in [0.2, 0.25) is 0 Å². The fourth-order valence-electron chi connectivity index (χ4n) is 4.38. The van der Waals surface area contributed by atoms with E-state index in [0.717, 1.165) is 49.5 Å². The molecule has 1 saturated heterocycles. The fraction of sp³-hybridized carbons (Fsp3) is 0.464. The molecule has 0 saturated carbocycles. The zero-order chi connectivity index (χ0) is 29.4. The van der Waals surface area contributed by atoms with Gasteiger partial charge in [-0.25, -0.2) is 4.79 Å². The zero-order valence-corrected chi connectivity index (χ0v) is 22.6. The van der Waals surface area contributed by atoms with Gasteiger partial charge in [0.2, 0.25) is 0 Å². The second-order valence-corrected chi connectivity index (χ2v) is 9.79. The molecule has 0 atom stereocenters. The molecule has 0 aliphatic carbocycles. The zero-order valence-electron chi connectivity index (χ0n) is 22.6. The van der Waals surface area contributed by atoms with Gasteiger partial charge in [-0.05, 0) is 55.5 Å². The molecule has 11 heteroatoms. The van der Waals surface area contributed by atoms with Crippen LogP contribution in [0, 0.1) is 13.8 Å². The highest BCUT2D eigenvalue weighted by atomic mass is 16.5. The van der Waals surface area contributed by atoms with Crippen LogP contribution in [0.4, 0.5) is 0 Å². The third-order valence-corrected chi connectivity index (χ3v) is 6.79. The van der Waals surface area contributed by atoms with Crippen molar-refractivity contribution in [2.75, 3.05) is 27.3 Å². The average molecular weight is 548 g/mol. The summed E-state index contributed by atoms with van der Waals surface area (Å²) >= 11 is 0. The van der Waals surface area contributed by atoms with Crippen molar-refractivity contribution in [3.63, 3.8) is 0 Å². The molecule has 1 aliphatic heterocycles. The standard InChI is InChI=1S/C22H29NO3.C6H8O7/c1-16-5-7-19(8-6-16)22(24)9-11-23(12-10-22)15-18-14-21(26-4)20(25-3)13-17(18)2;7-3(8)1-6(13,5(11)12)2-4(9)10/h5-8,13-14,24H,9-12,15H2,1-4H3;13H,1-2H2,(H,7,8)(H,9,10)(H,11,12). The lowest BCUT2D eigenvalue weighted by Crippen LogP contribution is -2.42.